The number of nitrogens with zero attached hydrogens (tertiary/aromatic N) is 2. The normalized spacial score (nSPS) is 22.5. The summed E-state index contributed by atoms with van der Waals surface area (Å²) in [5, 5.41) is 11.9. The number of hydrogen-bond acceptors (Lipinski definition) is 7. The van der Waals surface area contributed by atoms with Gasteiger partial charge in [0.25, 0.3) is 5.91 Å². The lowest BCUT2D eigenvalue weighted by Gasteiger charge is -2.40. The third-order valence-corrected chi connectivity index (χ3v) is 5.16. The number of hydrogen-bond donors (Lipinski definition) is 2. The fourth-order valence-corrected chi connectivity index (χ4v) is 3.18. The van der Waals surface area contributed by atoms with Crippen molar-refractivity contribution in [1.82, 2.24) is 10.3 Å². The molecule has 1 saturated heterocycles. The molecule has 156 valence electrons. The van der Waals surface area contributed by atoms with Crippen LogP contribution in [0.15, 0.2) is 12.1 Å². The van der Waals surface area contributed by atoms with Gasteiger partial charge in [-0.3, -0.25) is 4.79 Å². The van der Waals surface area contributed by atoms with Gasteiger partial charge in [0, 0.05) is 32.8 Å². The molecule has 8 nitrogen and oxygen atoms in total. The second-order valence-electron chi connectivity index (χ2n) is 7.39. The van der Waals surface area contributed by atoms with Crippen LogP contribution in [0.4, 0.5) is 10.1 Å². The van der Waals surface area contributed by atoms with E-state index in [9.17, 15) is 14.3 Å². The lowest BCUT2D eigenvalue weighted by atomic mass is 10.1. The molecule has 1 aliphatic carbocycles. The second-order valence-corrected chi connectivity index (χ2v) is 7.39. The highest BCUT2D eigenvalue weighted by Crippen LogP contribution is 2.39. The minimum atomic E-state index is -0.889. The van der Waals surface area contributed by atoms with Gasteiger partial charge in [0.2, 0.25) is 5.88 Å². The number of pyridine rings is 1. The molecule has 0 aromatic carbocycles. The number of carbonyl (C=O) groups excluding carboxylic acids is 1. The monoisotopic (exact) mass is 397 g/mol. The molecule has 0 radical (unpaired) electrons. The van der Waals surface area contributed by atoms with Crippen LogP contribution in [0.3, 0.4) is 0 Å². The van der Waals surface area contributed by atoms with Gasteiger partial charge in [-0.2, -0.15) is 0 Å². The van der Waals surface area contributed by atoms with Crippen molar-refractivity contribution >= 4 is 11.6 Å². The number of ether oxygens (including phenoxy) is 3. The largest absolute Gasteiger partial charge is 0.476 e. The van der Waals surface area contributed by atoms with Crippen molar-refractivity contribution in [2.75, 3.05) is 51.8 Å². The summed E-state index contributed by atoms with van der Waals surface area (Å²) in [5.41, 5.74) is 1.05. The van der Waals surface area contributed by atoms with Gasteiger partial charge in [0.1, 0.15) is 11.4 Å². The van der Waals surface area contributed by atoms with E-state index in [1.807, 2.05) is 6.07 Å². The van der Waals surface area contributed by atoms with Gasteiger partial charge in [0.05, 0.1) is 19.3 Å². The van der Waals surface area contributed by atoms with E-state index in [-0.39, 0.29) is 42.9 Å². The molecule has 2 aliphatic rings. The van der Waals surface area contributed by atoms with E-state index in [0.29, 0.717) is 18.4 Å². The van der Waals surface area contributed by atoms with E-state index in [1.165, 1.54) is 0 Å². The summed E-state index contributed by atoms with van der Waals surface area (Å²) in [7, 11) is 1.68. The van der Waals surface area contributed by atoms with E-state index in [0.717, 1.165) is 25.2 Å². The first-order chi connectivity index (χ1) is 13.5. The Labute approximate surface area is 164 Å². The summed E-state index contributed by atoms with van der Waals surface area (Å²) in [6.07, 6.45) is 1.11. The molecule has 2 fully saturated rings. The van der Waals surface area contributed by atoms with Crippen molar-refractivity contribution in [3.8, 4) is 5.88 Å². The molecule has 28 heavy (non-hydrogen) atoms. The molecule has 3 atom stereocenters. The molecule has 3 rings (SSSR count). The number of aromatic nitrogens is 1. The maximum Gasteiger partial charge on any atom is 0.270 e. The Bertz CT molecular complexity index is 671. The van der Waals surface area contributed by atoms with Crippen LogP contribution in [0.1, 0.15) is 23.8 Å². The number of alkyl halides is 1. The minimum Gasteiger partial charge on any atom is -0.476 e. The lowest BCUT2D eigenvalue weighted by molar-refractivity contribution is 0.0444. The SMILES string of the molecule is COC1CN(c2ccc(C(=O)NC(C)COCF)nc2OC[C@H]2C[C@@H]2CO)C1. The highest BCUT2D eigenvalue weighted by atomic mass is 19.1. The smallest absolute Gasteiger partial charge is 0.270 e. The summed E-state index contributed by atoms with van der Waals surface area (Å²) in [4.78, 5) is 18.9. The van der Waals surface area contributed by atoms with Gasteiger partial charge in [0.15, 0.2) is 6.86 Å². The molecule has 1 amide bonds. The molecule has 1 aromatic rings. The Morgan fingerprint density at radius 1 is 1.43 bits per heavy atom. The van der Waals surface area contributed by atoms with Crippen molar-refractivity contribution in [3.05, 3.63) is 17.8 Å². The number of nitrogens with one attached hydrogen (secondary N) is 1. The number of aliphatic hydroxyl groups is 1. The van der Waals surface area contributed by atoms with Crippen LogP contribution in [0.2, 0.25) is 0 Å². The van der Waals surface area contributed by atoms with Crippen LogP contribution in [-0.4, -0.2) is 75.0 Å². The number of anilines is 1. The Hall–Kier alpha value is -1.97. The highest BCUT2D eigenvalue weighted by Gasteiger charge is 2.37. The fraction of sp³-hybridized carbons (Fsp3) is 0.684. The minimum absolute atomic E-state index is 0.0834. The molecular formula is C19H28FN3O5. The third kappa shape index (κ3) is 5.09. The van der Waals surface area contributed by atoms with Crippen molar-refractivity contribution in [2.45, 2.75) is 25.5 Å². The molecule has 9 heteroatoms. The van der Waals surface area contributed by atoms with Gasteiger partial charge >= 0.3 is 0 Å². The zero-order chi connectivity index (χ0) is 20.1. The number of methoxy groups -OCH3 is 1. The second kappa shape index (κ2) is 9.49. The number of rotatable bonds is 11. The molecule has 0 spiro atoms. The summed E-state index contributed by atoms with van der Waals surface area (Å²) in [5.74, 6) is 0.633. The molecule has 1 aliphatic heterocycles. The van der Waals surface area contributed by atoms with E-state index in [2.05, 4.69) is 19.9 Å². The van der Waals surface area contributed by atoms with Crippen LogP contribution >= 0.6 is 0 Å². The number of carbonyl (C=O) groups is 1. The topological polar surface area (TPSA) is 93.2 Å². The van der Waals surface area contributed by atoms with Crippen molar-refractivity contribution in [1.29, 1.82) is 0 Å². The van der Waals surface area contributed by atoms with E-state index >= 15 is 0 Å². The van der Waals surface area contributed by atoms with Gasteiger partial charge < -0.3 is 29.5 Å². The number of amides is 1. The number of halogens is 1. The van der Waals surface area contributed by atoms with Crippen LogP contribution < -0.4 is 15.0 Å². The fourth-order valence-electron chi connectivity index (χ4n) is 3.18. The maximum atomic E-state index is 12.4. The van der Waals surface area contributed by atoms with Crippen molar-refractivity contribution in [2.24, 2.45) is 11.8 Å². The lowest BCUT2D eigenvalue weighted by Crippen LogP contribution is -2.52. The quantitative estimate of drug-likeness (QED) is 0.575. The van der Waals surface area contributed by atoms with E-state index < -0.39 is 6.86 Å². The van der Waals surface area contributed by atoms with Gasteiger partial charge in [-0.1, -0.05) is 0 Å². The summed E-state index contributed by atoms with van der Waals surface area (Å²) in [6, 6.07) is 3.12. The van der Waals surface area contributed by atoms with Crippen LogP contribution in [-0.2, 0) is 9.47 Å². The third-order valence-electron chi connectivity index (χ3n) is 5.16. The molecule has 2 heterocycles. The predicted octanol–water partition coefficient (Wildman–Crippen LogP) is 0.986. The molecule has 1 aromatic heterocycles. The molecule has 1 saturated carbocycles. The average Bonchev–Trinajstić information content (AvgIpc) is 3.43. The van der Waals surface area contributed by atoms with Crippen LogP contribution in [0.25, 0.3) is 0 Å². The highest BCUT2D eigenvalue weighted by molar-refractivity contribution is 5.93. The zero-order valence-corrected chi connectivity index (χ0v) is 16.3. The molecule has 0 bridgehead atoms. The summed E-state index contributed by atoms with van der Waals surface area (Å²) in [6.45, 7) is 3.02. The predicted molar refractivity (Wildman–Crippen MR) is 100 cm³/mol. The Kier molecular flexibility index (Phi) is 7.03. The van der Waals surface area contributed by atoms with E-state index in [1.54, 1.807) is 20.1 Å². The molecule has 2 N–H and O–H groups in total. The first-order valence-electron chi connectivity index (χ1n) is 9.52. The Morgan fingerprint density at radius 3 is 2.86 bits per heavy atom. The standard InChI is InChI=1S/C19H28FN3O5/c1-12(9-27-11-20)21-18(25)16-3-4-17(23-6-15(7-23)26-2)19(22-16)28-10-14-5-13(14)8-24/h3-4,12-15,24H,5-11H2,1-2H3,(H,21,25)/t12?,13-,14-/m1/s1. The summed E-state index contributed by atoms with van der Waals surface area (Å²) >= 11 is 0. The van der Waals surface area contributed by atoms with E-state index in [4.69, 9.17) is 9.47 Å². The zero-order valence-electron chi connectivity index (χ0n) is 16.3. The van der Waals surface area contributed by atoms with Crippen LogP contribution in [0.5, 0.6) is 5.88 Å². The van der Waals surface area contributed by atoms with Crippen molar-refractivity contribution < 1.29 is 28.5 Å². The van der Waals surface area contributed by atoms with Gasteiger partial charge in [-0.25, -0.2) is 9.37 Å². The molecule has 1 unspecified atom stereocenters. The first-order valence-corrected chi connectivity index (χ1v) is 9.52. The van der Waals surface area contributed by atoms with Crippen molar-refractivity contribution in [3.63, 3.8) is 0 Å². The average molecular weight is 397 g/mol. The van der Waals surface area contributed by atoms with Gasteiger partial charge in [-0.05, 0) is 37.3 Å². The Morgan fingerprint density at radius 2 is 2.21 bits per heavy atom. The van der Waals surface area contributed by atoms with Gasteiger partial charge in [-0.15, -0.1) is 0 Å². The first kappa shape index (κ1) is 20.8. The maximum absolute atomic E-state index is 12.4. The molecular weight excluding hydrogens is 369 g/mol. The Balaban J connectivity index is 1.67. The summed E-state index contributed by atoms with van der Waals surface area (Å²) < 4.78 is 28.0. The number of aliphatic hydroxyl groups excluding tert-OH is 1. The van der Waals surface area contributed by atoms with Crippen LogP contribution in [0, 0.1) is 11.8 Å².